The molecule has 2 aromatic rings. The molecule has 142 valence electrons. The van der Waals surface area contributed by atoms with Crippen molar-refractivity contribution in [2.45, 2.75) is 32.3 Å². The number of hydrogen-bond acceptors (Lipinski definition) is 5. The van der Waals surface area contributed by atoms with E-state index in [9.17, 15) is 9.90 Å². The summed E-state index contributed by atoms with van der Waals surface area (Å²) in [7, 11) is 3.07. The first-order chi connectivity index (χ1) is 12.8. The van der Waals surface area contributed by atoms with Crippen molar-refractivity contribution in [3.63, 3.8) is 0 Å². The monoisotopic (exact) mass is 368 g/mol. The Labute approximate surface area is 159 Å². The van der Waals surface area contributed by atoms with Crippen molar-refractivity contribution in [2.75, 3.05) is 14.2 Å². The molecule has 5 heteroatoms. The van der Waals surface area contributed by atoms with Crippen LogP contribution in [0.1, 0.15) is 41.8 Å². The predicted octanol–water partition coefficient (Wildman–Crippen LogP) is 4.41. The van der Waals surface area contributed by atoms with Crippen molar-refractivity contribution in [2.24, 2.45) is 0 Å². The first-order valence-corrected chi connectivity index (χ1v) is 8.83. The van der Waals surface area contributed by atoms with E-state index >= 15 is 0 Å². The number of ether oxygens (including phenoxy) is 3. The fraction of sp³-hybridized carbons (Fsp3) is 0.318. The van der Waals surface area contributed by atoms with E-state index in [1.807, 2.05) is 38.1 Å². The van der Waals surface area contributed by atoms with E-state index in [1.165, 1.54) is 13.2 Å². The van der Waals surface area contributed by atoms with Gasteiger partial charge in [0.2, 0.25) is 0 Å². The maximum absolute atomic E-state index is 12.8. The van der Waals surface area contributed by atoms with Gasteiger partial charge in [-0.3, -0.25) is 4.79 Å². The van der Waals surface area contributed by atoms with Crippen LogP contribution >= 0.6 is 0 Å². The molecule has 0 bridgehead atoms. The van der Waals surface area contributed by atoms with Gasteiger partial charge in [-0.1, -0.05) is 18.2 Å². The summed E-state index contributed by atoms with van der Waals surface area (Å²) in [6, 6.07) is 9.02. The number of allylic oxidation sites excluding steroid dienone is 1. The Morgan fingerprint density at radius 3 is 2.52 bits per heavy atom. The van der Waals surface area contributed by atoms with Gasteiger partial charge in [-0.25, -0.2) is 0 Å². The number of ketones is 1. The topological polar surface area (TPSA) is 65.0 Å². The highest BCUT2D eigenvalue weighted by Crippen LogP contribution is 2.44. The predicted molar refractivity (Wildman–Crippen MR) is 104 cm³/mol. The van der Waals surface area contributed by atoms with Gasteiger partial charge in [-0.05, 0) is 50.5 Å². The van der Waals surface area contributed by atoms with Crippen LogP contribution in [0.2, 0.25) is 0 Å². The molecule has 0 saturated heterocycles. The normalized spacial score (nSPS) is 15.1. The van der Waals surface area contributed by atoms with E-state index in [0.717, 1.165) is 17.7 Å². The van der Waals surface area contributed by atoms with Crippen LogP contribution < -0.4 is 14.2 Å². The molecule has 0 fully saturated rings. The van der Waals surface area contributed by atoms with Crippen LogP contribution in [0.3, 0.4) is 0 Å². The minimum absolute atomic E-state index is 0.0655. The average molecular weight is 368 g/mol. The Morgan fingerprint density at radius 2 is 1.89 bits per heavy atom. The minimum Gasteiger partial charge on any atom is -0.507 e. The second-order valence-corrected chi connectivity index (χ2v) is 7.11. The summed E-state index contributed by atoms with van der Waals surface area (Å²) < 4.78 is 16.4. The lowest BCUT2D eigenvalue weighted by Crippen LogP contribution is -2.32. The van der Waals surface area contributed by atoms with Crippen molar-refractivity contribution >= 4 is 11.9 Å². The standard InChI is InChI=1S/C22H24O5/c1-22(2)12-11-16-18(27-22)13-19(26-4)20(21(16)24)17(23)10-7-14-5-8-15(25-3)9-6-14/h5-10,13,24H,11-12H2,1-4H3/b10-7+. The summed E-state index contributed by atoms with van der Waals surface area (Å²) in [5, 5.41) is 10.7. The van der Waals surface area contributed by atoms with Gasteiger partial charge >= 0.3 is 0 Å². The molecule has 1 heterocycles. The number of aromatic hydroxyl groups is 1. The lowest BCUT2D eigenvalue weighted by atomic mass is 9.91. The molecule has 0 spiro atoms. The number of benzene rings is 2. The lowest BCUT2D eigenvalue weighted by molar-refractivity contribution is 0.0831. The summed E-state index contributed by atoms with van der Waals surface area (Å²) in [6.07, 6.45) is 4.52. The number of carbonyl (C=O) groups is 1. The molecule has 0 aromatic heterocycles. The Morgan fingerprint density at radius 1 is 1.19 bits per heavy atom. The van der Waals surface area contributed by atoms with Gasteiger partial charge < -0.3 is 19.3 Å². The van der Waals surface area contributed by atoms with E-state index in [4.69, 9.17) is 14.2 Å². The molecule has 27 heavy (non-hydrogen) atoms. The van der Waals surface area contributed by atoms with E-state index < -0.39 is 0 Å². The van der Waals surface area contributed by atoms with E-state index in [2.05, 4.69) is 0 Å². The van der Waals surface area contributed by atoms with E-state index in [1.54, 1.807) is 19.3 Å². The molecule has 3 rings (SSSR count). The second-order valence-electron chi connectivity index (χ2n) is 7.11. The SMILES string of the molecule is COc1ccc(/C=C/C(=O)c2c(OC)cc3c(c2O)CCC(C)(C)O3)cc1. The van der Waals surface area contributed by atoms with Gasteiger partial charge in [0.15, 0.2) is 5.78 Å². The molecule has 1 aliphatic heterocycles. The zero-order valence-corrected chi connectivity index (χ0v) is 16.0. The Kier molecular flexibility index (Phi) is 5.13. The molecule has 0 amide bonds. The van der Waals surface area contributed by atoms with Crippen LogP contribution in [0.5, 0.6) is 23.0 Å². The summed E-state index contributed by atoms with van der Waals surface area (Å²) in [6.45, 7) is 3.99. The fourth-order valence-electron chi connectivity index (χ4n) is 3.14. The van der Waals surface area contributed by atoms with Crippen molar-refractivity contribution in [1.29, 1.82) is 0 Å². The van der Waals surface area contributed by atoms with Crippen molar-refractivity contribution in [3.05, 3.63) is 53.1 Å². The third-order valence-corrected chi connectivity index (χ3v) is 4.70. The van der Waals surface area contributed by atoms with Crippen LogP contribution in [-0.2, 0) is 6.42 Å². The maximum atomic E-state index is 12.8. The van der Waals surface area contributed by atoms with Gasteiger partial charge in [0.05, 0.1) is 14.2 Å². The van der Waals surface area contributed by atoms with Crippen molar-refractivity contribution < 1.29 is 24.1 Å². The molecule has 0 radical (unpaired) electrons. The highest BCUT2D eigenvalue weighted by Gasteiger charge is 2.31. The zero-order valence-electron chi connectivity index (χ0n) is 16.0. The molecular weight excluding hydrogens is 344 g/mol. The zero-order chi connectivity index (χ0) is 19.6. The number of phenolic OH excluding ortho intramolecular Hbond substituents is 1. The van der Waals surface area contributed by atoms with Gasteiger partial charge in [0.1, 0.15) is 34.2 Å². The molecule has 0 aliphatic carbocycles. The third-order valence-electron chi connectivity index (χ3n) is 4.70. The lowest BCUT2D eigenvalue weighted by Gasteiger charge is -2.33. The second kappa shape index (κ2) is 7.35. The Hall–Kier alpha value is -2.95. The highest BCUT2D eigenvalue weighted by atomic mass is 16.5. The first-order valence-electron chi connectivity index (χ1n) is 8.83. The van der Waals surface area contributed by atoms with Crippen molar-refractivity contribution in [3.8, 4) is 23.0 Å². The van der Waals surface area contributed by atoms with Crippen LogP contribution in [0.15, 0.2) is 36.4 Å². The maximum Gasteiger partial charge on any atom is 0.193 e. The van der Waals surface area contributed by atoms with Gasteiger partial charge in [0, 0.05) is 11.6 Å². The van der Waals surface area contributed by atoms with Crippen molar-refractivity contribution in [1.82, 2.24) is 0 Å². The largest absolute Gasteiger partial charge is 0.507 e. The average Bonchev–Trinajstić information content (AvgIpc) is 2.65. The van der Waals surface area contributed by atoms with Gasteiger partial charge in [0.25, 0.3) is 0 Å². The smallest absolute Gasteiger partial charge is 0.193 e. The minimum atomic E-state index is -0.326. The van der Waals surface area contributed by atoms with E-state index in [-0.39, 0.29) is 22.7 Å². The van der Waals surface area contributed by atoms with Crippen LogP contribution in [0.25, 0.3) is 6.08 Å². The molecule has 5 nitrogen and oxygen atoms in total. The first kappa shape index (κ1) is 18.8. The summed E-state index contributed by atoms with van der Waals surface area (Å²) in [4.78, 5) is 12.8. The van der Waals surface area contributed by atoms with Crippen LogP contribution in [-0.4, -0.2) is 30.7 Å². The highest BCUT2D eigenvalue weighted by molar-refractivity contribution is 6.11. The molecule has 1 N–H and O–H groups in total. The summed E-state index contributed by atoms with van der Waals surface area (Å²) >= 11 is 0. The Bertz CT molecular complexity index is 879. The molecule has 0 atom stereocenters. The van der Waals surface area contributed by atoms with Gasteiger partial charge in [-0.15, -0.1) is 0 Å². The molecule has 0 unspecified atom stereocenters. The molecule has 0 saturated carbocycles. The number of fused-ring (bicyclic) bond motifs is 1. The number of rotatable bonds is 5. The third kappa shape index (κ3) is 3.92. The Balaban J connectivity index is 1.93. The summed E-state index contributed by atoms with van der Waals surface area (Å²) in [5.41, 5.74) is 1.34. The number of carbonyl (C=O) groups excluding carboxylic acids is 1. The number of methoxy groups -OCH3 is 2. The molecule has 1 aliphatic rings. The quantitative estimate of drug-likeness (QED) is 0.626. The molecule has 2 aromatic carbocycles. The van der Waals surface area contributed by atoms with Crippen LogP contribution in [0.4, 0.5) is 0 Å². The fourth-order valence-corrected chi connectivity index (χ4v) is 3.14. The number of hydrogen-bond donors (Lipinski definition) is 1. The molecular formula is C22H24O5. The summed E-state index contributed by atoms with van der Waals surface area (Å²) in [5.74, 6) is 1.22. The number of phenols is 1. The van der Waals surface area contributed by atoms with Crippen LogP contribution in [0, 0.1) is 0 Å². The van der Waals surface area contributed by atoms with E-state index in [0.29, 0.717) is 23.5 Å². The van der Waals surface area contributed by atoms with Gasteiger partial charge in [-0.2, -0.15) is 0 Å².